The lowest BCUT2D eigenvalue weighted by Crippen LogP contribution is -2.43. The molecule has 1 amide bonds. The first-order chi connectivity index (χ1) is 8.72. The molecule has 1 saturated heterocycles. The third kappa shape index (κ3) is 2.69. The lowest BCUT2D eigenvalue weighted by molar-refractivity contribution is -0.149. The van der Waals surface area contributed by atoms with Crippen LogP contribution in [-0.4, -0.2) is 46.7 Å². The zero-order valence-corrected chi connectivity index (χ0v) is 10.4. The van der Waals surface area contributed by atoms with Crippen LogP contribution in [-0.2, 0) is 9.53 Å². The van der Waals surface area contributed by atoms with E-state index in [-0.39, 0.29) is 17.8 Å². The maximum atomic E-state index is 12.1. The second-order valence-corrected chi connectivity index (χ2v) is 4.31. The Balaban J connectivity index is 1.98. The fourth-order valence-corrected chi connectivity index (χ4v) is 2.16. The molecule has 1 aromatic heterocycles. The number of rotatable bonds is 3. The molecule has 2 heterocycles. The number of H-pyrrole nitrogens is 1. The number of esters is 1. The topological polar surface area (TPSA) is 75.3 Å². The summed E-state index contributed by atoms with van der Waals surface area (Å²) in [5.41, 5.74) is 0.458. The van der Waals surface area contributed by atoms with Crippen LogP contribution in [0.15, 0.2) is 12.3 Å². The highest BCUT2D eigenvalue weighted by Crippen LogP contribution is 2.19. The van der Waals surface area contributed by atoms with Gasteiger partial charge in [0, 0.05) is 19.3 Å². The molecule has 1 unspecified atom stereocenters. The third-order valence-corrected chi connectivity index (χ3v) is 3.06. The average Bonchev–Trinajstić information content (AvgIpc) is 2.92. The van der Waals surface area contributed by atoms with Crippen molar-refractivity contribution < 1.29 is 14.3 Å². The molecule has 18 heavy (non-hydrogen) atoms. The minimum atomic E-state index is -0.209. The van der Waals surface area contributed by atoms with Crippen LogP contribution in [0.1, 0.15) is 30.3 Å². The molecule has 1 N–H and O–H groups in total. The van der Waals surface area contributed by atoms with Gasteiger partial charge in [0.25, 0.3) is 5.91 Å². The van der Waals surface area contributed by atoms with Crippen molar-refractivity contribution in [2.75, 3.05) is 19.7 Å². The highest BCUT2D eigenvalue weighted by Gasteiger charge is 2.30. The quantitative estimate of drug-likeness (QED) is 0.807. The first-order valence-electron chi connectivity index (χ1n) is 6.17. The molecule has 2 rings (SSSR count). The van der Waals surface area contributed by atoms with E-state index < -0.39 is 0 Å². The SMILES string of the molecule is CCOC(=O)C1CCCN(C(=O)c2ccn[nH]2)C1. The van der Waals surface area contributed by atoms with Gasteiger partial charge in [-0.2, -0.15) is 5.10 Å². The summed E-state index contributed by atoms with van der Waals surface area (Å²) in [5.74, 6) is -0.522. The molecule has 0 aromatic carbocycles. The number of nitrogens with one attached hydrogen (secondary N) is 1. The molecule has 1 fully saturated rings. The van der Waals surface area contributed by atoms with Gasteiger partial charge in [0.1, 0.15) is 5.69 Å². The lowest BCUT2D eigenvalue weighted by Gasteiger charge is -2.31. The second kappa shape index (κ2) is 5.66. The highest BCUT2D eigenvalue weighted by molar-refractivity contribution is 5.92. The predicted molar refractivity (Wildman–Crippen MR) is 63.8 cm³/mol. The Morgan fingerprint density at radius 2 is 2.44 bits per heavy atom. The predicted octanol–water partition coefficient (Wildman–Crippen LogP) is 0.825. The van der Waals surface area contributed by atoms with Crippen LogP contribution in [0, 0.1) is 5.92 Å². The molecule has 0 bridgehead atoms. The normalized spacial score (nSPS) is 19.6. The van der Waals surface area contributed by atoms with E-state index in [4.69, 9.17) is 4.74 Å². The fraction of sp³-hybridized carbons (Fsp3) is 0.583. The largest absolute Gasteiger partial charge is 0.466 e. The Morgan fingerprint density at radius 1 is 1.61 bits per heavy atom. The summed E-state index contributed by atoms with van der Waals surface area (Å²) >= 11 is 0. The molecular weight excluding hydrogens is 234 g/mol. The Kier molecular flexibility index (Phi) is 3.96. The van der Waals surface area contributed by atoms with Gasteiger partial charge in [-0.15, -0.1) is 0 Å². The fourth-order valence-electron chi connectivity index (χ4n) is 2.16. The summed E-state index contributed by atoms with van der Waals surface area (Å²) in [6.07, 6.45) is 3.15. The van der Waals surface area contributed by atoms with Gasteiger partial charge in [0.2, 0.25) is 0 Å². The molecule has 1 aliphatic rings. The molecule has 98 valence electrons. The van der Waals surface area contributed by atoms with Crippen LogP contribution in [0.2, 0.25) is 0 Å². The lowest BCUT2D eigenvalue weighted by atomic mass is 9.98. The smallest absolute Gasteiger partial charge is 0.310 e. The van der Waals surface area contributed by atoms with Gasteiger partial charge >= 0.3 is 5.97 Å². The van der Waals surface area contributed by atoms with E-state index in [1.165, 1.54) is 0 Å². The van der Waals surface area contributed by atoms with Crippen LogP contribution in [0.25, 0.3) is 0 Å². The highest BCUT2D eigenvalue weighted by atomic mass is 16.5. The number of amides is 1. The van der Waals surface area contributed by atoms with Crippen molar-refractivity contribution >= 4 is 11.9 Å². The molecule has 6 nitrogen and oxygen atoms in total. The summed E-state index contributed by atoms with van der Waals surface area (Å²) < 4.78 is 5.00. The molecule has 0 spiro atoms. The van der Waals surface area contributed by atoms with Gasteiger partial charge in [0.15, 0.2) is 0 Å². The minimum Gasteiger partial charge on any atom is -0.466 e. The molecule has 6 heteroatoms. The second-order valence-electron chi connectivity index (χ2n) is 4.31. The monoisotopic (exact) mass is 251 g/mol. The van der Waals surface area contributed by atoms with Crippen LogP contribution in [0.3, 0.4) is 0 Å². The van der Waals surface area contributed by atoms with Crippen molar-refractivity contribution in [2.45, 2.75) is 19.8 Å². The zero-order chi connectivity index (χ0) is 13.0. The van der Waals surface area contributed by atoms with E-state index in [1.54, 1.807) is 24.1 Å². The zero-order valence-electron chi connectivity index (χ0n) is 10.4. The summed E-state index contributed by atoms with van der Waals surface area (Å²) in [5, 5.41) is 6.40. The summed E-state index contributed by atoms with van der Waals surface area (Å²) in [4.78, 5) is 25.4. The first-order valence-corrected chi connectivity index (χ1v) is 6.17. The summed E-state index contributed by atoms with van der Waals surface area (Å²) in [6.45, 7) is 3.27. The van der Waals surface area contributed by atoms with Gasteiger partial charge in [-0.05, 0) is 25.8 Å². The molecule has 0 aliphatic carbocycles. The van der Waals surface area contributed by atoms with E-state index in [1.807, 2.05) is 0 Å². The number of hydrogen-bond acceptors (Lipinski definition) is 4. The Morgan fingerprint density at radius 3 is 3.11 bits per heavy atom. The molecule has 0 radical (unpaired) electrons. The van der Waals surface area contributed by atoms with Crippen LogP contribution < -0.4 is 0 Å². The van der Waals surface area contributed by atoms with E-state index in [9.17, 15) is 9.59 Å². The number of carbonyl (C=O) groups excluding carboxylic acids is 2. The van der Waals surface area contributed by atoms with E-state index in [0.717, 1.165) is 12.8 Å². The van der Waals surface area contributed by atoms with E-state index in [2.05, 4.69) is 10.2 Å². The van der Waals surface area contributed by atoms with Crippen LogP contribution in [0.5, 0.6) is 0 Å². The van der Waals surface area contributed by atoms with E-state index in [0.29, 0.717) is 25.4 Å². The first kappa shape index (κ1) is 12.6. The maximum Gasteiger partial charge on any atom is 0.310 e. The van der Waals surface area contributed by atoms with Crippen molar-refractivity contribution in [3.8, 4) is 0 Å². The Bertz CT molecular complexity index is 416. The van der Waals surface area contributed by atoms with Crippen molar-refractivity contribution in [3.63, 3.8) is 0 Å². The number of likely N-dealkylation sites (tertiary alicyclic amines) is 1. The number of carbonyl (C=O) groups is 2. The summed E-state index contributed by atoms with van der Waals surface area (Å²) in [6, 6.07) is 1.64. The number of aromatic nitrogens is 2. The minimum absolute atomic E-state index is 0.110. The van der Waals surface area contributed by atoms with Crippen molar-refractivity contribution in [2.24, 2.45) is 5.92 Å². The van der Waals surface area contributed by atoms with Gasteiger partial charge in [-0.25, -0.2) is 0 Å². The van der Waals surface area contributed by atoms with Gasteiger partial charge in [-0.1, -0.05) is 0 Å². The van der Waals surface area contributed by atoms with Crippen molar-refractivity contribution in [3.05, 3.63) is 18.0 Å². The van der Waals surface area contributed by atoms with Crippen molar-refractivity contribution in [1.29, 1.82) is 0 Å². The van der Waals surface area contributed by atoms with Crippen LogP contribution >= 0.6 is 0 Å². The number of nitrogens with zero attached hydrogens (tertiary/aromatic N) is 2. The molecule has 1 aromatic rings. The number of aromatic amines is 1. The maximum absolute atomic E-state index is 12.1. The molecule has 1 atom stereocenters. The molecule has 1 aliphatic heterocycles. The van der Waals surface area contributed by atoms with E-state index >= 15 is 0 Å². The third-order valence-electron chi connectivity index (χ3n) is 3.06. The van der Waals surface area contributed by atoms with Gasteiger partial charge in [-0.3, -0.25) is 14.7 Å². The molecule has 0 saturated carbocycles. The van der Waals surface area contributed by atoms with Gasteiger partial charge in [0.05, 0.1) is 12.5 Å². The van der Waals surface area contributed by atoms with Gasteiger partial charge < -0.3 is 9.64 Å². The summed E-state index contributed by atoms with van der Waals surface area (Å²) in [7, 11) is 0. The number of ether oxygens (including phenoxy) is 1. The molecular formula is C12H17N3O3. The standard InChI is InChI=1S/C12H17N3O3/c1-2-18-12(17)9-4-3-7-15(8-9)11(16)10-5-6-13-14-10/h5-6,9H,2-4,7-8H2,1H3,(H,13,14). The Labute approximate surface area is 105 Å². The Hall–Kier alpha value is -1.85. The van der Waals surface area contributed by atoms with Crippen LogP contribution in [0.4, 0.5) is 0 Å². The van der Waals surface area contributed by atoms with Crippen molar-refractivity contribution in [1.82, 2.24) is 15.1 Å². The number of piperidine rings is 1. The number of hydrogen-bond donors (Lipinski definition) is 1. The average molecular weight is 251 g/mol.